The van der Waals surface area contributed by atoms with Crippen molar-refractivity contribution >= 4 is 23.4 Å². The van der Waals surface area contributed by atoms with Gasteiger partial charge in [-0.05, 0) is 30.9 Å². The Morgan fingerprint density at radius 1 is 1.33 bits per heavy atom. The van der Waals surface area contributed by atoms with Crippen LogP contribution < -0.4 is 5.32 Å². The smallest absolute Gasteiger partial charge is 0.323 e. The van der Waals surface area contributed by atoms with E-state index in [2.05, 4.69) is 5.32 Å². The number of amides is 2. The number of nitro benzene ring substituents is 1. The summed E-state index contributed by atoms with van der Waals surface area (Å²) in [5.41, 5.74) is 0.310. The minimum atomic E-state index is -1.07. The molecule has 1 aliphatic carbocycles. The Morgan fingerprint density at radius 2 is 1.95 bits per heavy atom. The van der Waals surface area contributed by atoms with Crippen LogP contribution in [0, 0.1) is 16.0 Å². The third-order valence-electron chi connectivity index (χ3n) is 3.12. The quantitative estimate of drug-likeness (QED) is 0.614. The molecule has 112 valence electrons. The molecule has 1 aliphatic rings. The largest absolute Gasteiger partial charge is 0.480 e. The van der Waals surface area contributed by atoms with Gasteiger partial charge in [-0.15, -0.1) is 0 Å². The Hall–Kier alpha value is -2.64. The van der Waals surface area contributed by atoms with E-state index in [4.69, 9.17) is 5.11 Å². The van der Waals surface area contributed by atoms with Crippen molar-refractivity contribution in [1.82, 2.24) is 4.90 Å². The highest BCUT2D eigenvalue weighted by molar-refractivity contribution is 5.91. The fraction of sp³-hybridized carbons (Fsp3) is 0.385. The van der Waals surface area contributed by atoms with Gasteiger partial charge in [0.2, 0.25) is 0 Å². The first-order valence-electron chi connectivity index (χ1n) is 6.48. The number of rotatable bonds is 6. The predicted octanol–water partition coefficient (Wildman–Crippen LogP) is 1.92. The zero-order chi connectivity index (χ0) is 15.4. The first kappa shape index (κ1) is 14.8. The summed E-state index contributed by atoms with van der Waals surface area (Å²) in [7, 11) is 0. The Kier molecular flexibility index (Phi) is 4.36. The van der Waals surface area contributed by atoms with Gasteiger partial charge in [-0.3, -0.25) is 14.9 Å². The second kappa shape index (κ2) is 6.21. The number of benzene rings is 1. The van der Waals surface area contributed by atoms with Gasteiger partial charge in [0.05, 0.1) is 4.92 Å². The summed E-state index contributed by atoms with van der Waals surface area (Å²) in [5, 5.41) is 21.9. The fourth-order valence-corrected chi connectivity index (χ4v) is 1.86. The standard InChI is InChI=1S/C13H15N3O5/c17-12(18)8-15(7-9-1-2-9)13(19)14-10-3-5-11(6-4-10)16(20)21/h3-6,9H,1-2,7-8H2,(H,14,19)(H,17,18). The number of nitro groups is 1. The van der Waals surface area contributed by atoms with Crippen LogP contribution in [0.2, 0.25) is 0 Å². The minimum Gasteiger partial charge on any atom is -0.480 e. The molecule has 8 nitrogen and oxygen atoms in total. The van der Waals surface area contributed by atoms with E-state index in [0.29, 0.717) is 18.2 Å². The van der Waals surface area contributed by atoms with Crippen molar-refractivity contribution in [1.29, 1.82) is 0 Å². The zero-order valence-electron chi connectivity index (χ0n) is 11.2. The number of anilines is 1. The Labute approximate surface area is 120 Å². The highest BCUT2D eigenvalue weighted by Crippen LogP contribution is 2.29. The molecule has 0 saturated heterocycles. The average Bonchev–Trinajstić information content (AvgIpc) is 3.22. The van der Waals surface area contributed by atoms with E-state index in [1.54, 1.807) is 0 Å². The normalized spacial score (nSPS) is 13.5. The SMILES string of the molecule is O=C(O)CN(CC1CC1)C(=O)Nc1ccc([N+](=O)[O-])cc1. The number of carboxylic acid groups (broad SMARTS) is 1. The number of carbonyl (C=O) groups excluding carboxylic acids is 1. The van der Waals surface area contributed by atoms with Crippen LogP contribution in [-0.2, 0) is 4.79 Å². The van der Waals surface area contributed by atoms with Gasteiger partial charge in [-0.1, -0.05) is 0 Å². The molecule has 1 saturated carbocycles. The number of nitrogens with zero attached hydrogens (tertiary/aromatic N) is 2. The minimum absolute atomic E-state index is 0.0756. The van der Waals surface area contributed by atoms with E-state index >= 15 is 0 Å². The molecule has 0 unspecified atom stereocenters. The molecule has 21 heavy (non-hydrogen) atoms. The first-order chi connectivity index (χ1) is 9.95. The topological polar surface area (TPSA) is 113 Å². The number of carboxylic acids is 1. The van der Waals surface area contributed by atoms with Crippen LogP contribution in [0.25, 0.3) is 0 Å². The van der Waals surface area contributed by atoms with E-state index in [1.807, 2.05) is 0 Å². The monoisotopic (exact) mass is 293 g/mol. The summed E-state index contributed by atoms with van der Waals surface area (Å²) in [6, 6.07) is 4.85. The molecule has 0 aromatic heterocycles. The number of urea groups is 1. The molecule has 0 aliphatic heterocycles. The summed E-state index contributed by atoms with van der Waals surface area (Å²) < 4.78 is 0. The van der Waals surface area contributed by atoms with Crippen molar-refractivity contribution < 1.29 is 19.6 Å². The number of hydrogen-bond donors (Lipinski definition) is 2. The number of non-ortho nitro benzene ring substituents is 1. The molecule has 0 bridgehead atoms. The lowest BCUT2D eigenvalue weighted by Crippen LogP contribution is -2.40. The molecule has 2 N–H and O–H groups in total. The Bertz CT molecular complexity index is 553. The molecule has 0 atom stereocenters. The van der Waals surface area contributed by atoms with Crippen molar-refractivity contribution in [2.75, 3.05) is 18.4 Å². The molecule has 1 fully saturated rings. The Balaban J connectivity index is 1.99. The third kappa shape index (κ3) is 4.44. The van der Waals surface area contributed by atoms with E-state index < -0.39 is 16.9 Å². The average molecular weight is 293 g/mol. The third-order valence-corrected chi connectivity index (χ3v) is 3.12. The summed E-state index contributed by atoms with van der Waals surface area (Å²) in [5.74, 6) is -0.707. The van der Waals surface area contributed by atoms with Crippen molar-refractivity contribution in [3.63, 3.8) is 0 Å². The van der Waals surface area contributed by atoms with Crippen molar-refractivity contribution in [2.24, 2.45) is 5.92 Å². The molecule has 2 amide bonds. The van der Waals surface area contributed by atoms with Crippen LogP contribution in [-0.4, -0.2) is 40.0 Å². The molecule has 0 radical (unpaired) electrons. The number of nitrogens with one attached hydrogen (secondary N) is 1. The lowest BCUT2D eigenvalue weighted by atomic mass is 10.3. The molecule has 1 aromatic carbocycles. The van der Waals surface area contributed by atoms with E-state index in [1.165, 1.54) is 29.2 Å². The first-order valence-corrected chi connectivity index (χ1v) is 6.48. The van der Waals surface area contributed by atoms with Crippen LogP contribution in [0.15, 0.2) is 24.3 Å². The molecule has 2 rings (SSSR count). The lowest BCUT2D eigenvalue weighted by Gasteiger charge is -2.21. The van der Waals surface area contributed by atoms with E-state index in [0.717, 1.165) is 12.8 Å². The molecular formula is C13H15N3O5. The predicted molar refractivity (Wildman–Crippen MR) is 74.0 cm³/mol. The maximum atomic E-state index is 12.0. The number of aliphatic carboxylic acids is 1. The van der Waals surface area contributed by atoms with Crippen LogP contribution >= 0.6 is 0 Å². The van der Waals surface area contributed by atoms with Crippen molar-refractivity contribution in [3.8, 4) is 0 Å². The van der Waals surface area contributed by atoms with E-state index in [9.17, 15) is 19.7 Å². The van der Waals surface area contributed by atoms with E-state index in [-0.39, 0.29) is 12.2 Å². The van der Waals surface area contributed by atoms with Crippen molar-refractivity contribution in [3.05, 3.63) is 34.4 Å². The molecule has 0 spiro atoms. The van der Waals surface area contributed by atoms with Crippen LogP contribution in [0.3, 0.4) is 0 Å². The number of carbonyl (C=O) groups is 2. The fourth-order valence-electron chi connectivity index (χ4n) is 1.86. The second-order valence-corrected chi connectivity index (χ2v) is 4.95. The van der Waals surface area contributed by atoms with Crippen LogP contribution in [0.1, 0.15) is 12.8 Å². The highest BCUT2D eigenvalue weighted by atomic mass is 16.6. The summed E-state index contributed by atoms with van der Waals surface area (Å²) in [4.78, 5) is 34.1. The van der Waals surface area contributed by atoms with Gasteiger partial charge >= 0.3 is 12.0 Å². The van der Waals surface area contributed by atoms with Crippen LogP contribution in [0.4, 0.5) is 16.2 Å². The molecular weight excluding hydrogens is 278 g/mol. The Morgan fingerprint density at radius 3 is 2.43 bits per heavy atom. The van der Waals surface area contributed by atoms with Gasteiger partial charge in [0.15, 0.2) is 0 Å². The number of hydrogen-bond acceptors (Lipinski definition) is 4. The maximum Gasteiger partial charge on any atom is 0.323 e. The van der Waals surface area contributed by atoms with Gasteiger partial charge in [-0.25, -0.2) is 4.79 Å². The van der Waals surface area contributed by atoms with Gasteiger partial charge in [0.1, 0.15) is 6.54 Å². The maximum absolute atomic E-state index is 12.0. The van der Waals surface area contributed by atoms with Crippen molar-refractivity contribution in [2.45, 2.75) is 12.8 Å². The second-order valence-electron chi connectivity index (χ2n) is 4.95. The lowest BCUT2D eigenvalue weighted by molar-refractivity contribution is -0.384. The van der Waals surface area contributed by atoms with Gasteiger partial charge < -0.3 is 15.3 Å². The summed E-state index contributed by atoms with van der Waals surface area (Å²) >= 11 is 0. The molecule has 8 heteroatoms. The molecule has 1 aromatic rings. The highest BCUT2D eigenvalue weighted by Gasteiger charge is 2.28. The van der Waals surface area contributed by atoms with Crippen LogP contribution in [0.5, 0.6) is 0 Å². The molecule has 0 heterocycles. The van der Waals surface area contributed by atoms with Gasteiger partial charge in [-0.2, -0.15) is 0 Å². The zero-order valence-corrected chi connectivity index (χ0v) is 11.2. The van der Waals surface area contributed by atoms with Gasteiger partial charge in [0.25, 0.3) is 5.69 Å². The van der Waals surface area contributed by atoms with Gasteiger partial charge in [0, 0.05) is 24.4 Å². The summed E-state index contributed by atoms with van der Waals surface area (Å²) in [6.07, 6.45) is 2.00. The summed E-state index contributed by atoms with van der Waals surface area (Å²) in [6.45, 7) is 0.0421.